The van der Waals surface area contributed by atoms with E-state index in [2.05, 4.69) is 26.1 Å². The molecule has 1 aliphatic carbocycles. The average Bonchev–Trinajstić information content (AvgIpc) is 2.97. The van der Waals surface area contributed by atoms with Gasteiger partial charge >= 0.3 is 0 Å². The summed E-state index contributed by atoms with van der Waals surface area (Å²) in [5.74, 6) is 0.838. The third-order valence-corrected chi connectivity index (χ3v) is 2.91. The lowest BCUT2D eigenvalue weighted by Crippen LogP contribution is -2.42. The van der Waals surface area contributed by atoms with Crippen LogP contribution in [0.15, 0.2) is 0 Å². The Morgan fingerprint density at radius 1 is 1.29 bits per heavy atom. The Hall–Kier alpha value is -0.0800. The van der Waals surface area contributed by atoms with Crippen molar-refractivity contribution in [3.63, 3.8) is 0 Å². The summed E-state index contributed by atoms with van der Waals surface area (Å²) < 4.78 is 5.87. The summed E-state index contributed by atoms with van der Waals surface area (Å²) >= 11 is 0. The van der Waals surface area contributed by atoms with Gasteiger partial charge < -0.3 is 10.1 Å². The number of likely N-dealkylation sites (N-methyl/N-ethyl adjacent to an activating group) is 1. The molecule has 0 heterocycles. The van der Waals surface area contributed by atoms with Gasteiger partial charge in [0.25, 0.3) is 0 Å². The van der Waals surface area contributed by atoms with Crippen LogP contribution in [0.1, 0.15) is 46.5 Å². The summed E-state index contributed by atoms with van der Waals surface area (Å²) in [5.41, 5.74) is 0. The number of rotatable bonds is 8. The Morgan fingerprint density at radius 2 is 2.00 bits per heavy atom. The molecule has 2 unspecified atom stereocenters. The van der Waals surface area contributed by atoms with E-state index >= 15 is 0 Å². The highest BCUT2D eigenvalue weighted by Gasteiger charge is 2.36. The fourth-order valence-corrected chi connectivity index (χ4v) is 2.15. The summed E-state index contributed by atoms with van der Waals surface area (Å²) in [6.45, 7) is 8.44. The molecule has 0 aromatic heterocycles. The van der Waals surface area contributed by atoms with Gasteiger partial charge in [-0.25, -0.2) is 0 Å². The second-order valence-corrected chi connectivity index (χ2v) is 4.21. The summed E-state index contributed by atoms with van der Waals surface area (Å²) in [7, 11) is 0. The summed E-state index contributed by atoms with van der Waals surface area (Å²) in [6, 6.07) is 0.581. The molecular weight excluding hydrogens is 174 g/mol. The zero-order chi connectivity index (χ0) is 10.4. The predicted octanol–water partition coefficient (Wildman–Crippen LogP) is 2.58. The monoisotopic (exact) mass is 199 g/mol. The molecule has 0 aromatic rings. The fraction of sp³-hybridized carbons (Fsp3) is 1.00. The molecule has 0 aliphatic heterocycles. The van der Waals surface area contributed by atoms with Gasteiger partial charge in [0, 0.05) is 12.6 Å². The van der Waals surface area contributed by atoms with E-state index in [-0.39, 0.29) is 0 Å². The molecule has 14 heavy (non-hydrogen) atoms. The molecule has 2 atom stereocenters. The van der Waals surface area contributed by atoms with Crippen molar-refractivity contribution >= 4 is 0 Å². The van der Waals surface area contributed by atoms with Gasteiger partial charge in [0.05, 0.1) is 6.10 Å². The van der Waals surface area contributed by atoms with Crippen LogP contribution in [0.4, 0.5) is 0 Å². The third-order valence-electron chi connectivity index (χ3n) is 2.91. The molecule has 1 aliphatic rings. The average molecular weight is 199 g/mol. The zero-order valence-corrected chi connectivity index (χ0v) is 9.88. The SMILES string of the molecule is CCCC(NCC)C(OCC)C1CC1. The van der Waals surface area contributed by atoms with Gasteiger partial charge in [0.15, 0.2) is 0 Å². The molecule has 0 saturated heterocycles. The van der Waals surface area contributed by atoms with E-state index in [0.29, 0.717) is 12.1 Å². The quantitative estimate of drug-likeness (QED) is 0.649. The third kappa shape index (κ3) is 3.58. The van der Waals surface area contributed by atoms with Crippen molar-refractivity contribution in [2.24, 2.45) is 5.92 Å². The minimum Gasteiger partial charge on any atom is -0.377 e. The Morgan fingerprint density at radius 3 is 2.43 bits per heavy atom. The van der Waals surface area contributed by atoms with Crippen LogP contribution in [0.25, 0.3) is 0 Å². The maximum atomic E-state index is 5.87. The van der Waals surface area contributed by atoms with E-state index in [4.69, 9.17) is 4.74 Å². The van der Waals surface area contributed by atoms with Crippen LogP contribution >= 0.6 is 0 Å². The van der Waals surface area contributed by atoms with Gasteiger partial charge in [0.1, 0.15) is 0 Å². The van der Waals surface area contributed by atoms with Crippen molar-refractivity contribution < 1.29 is 4.74 Å². The lowest BCUT2D eigenvalue weighted by atomic mass is 10.0. The molecular formula is C12H25NO. The van der Waals surface area contributed by atoms with Crippen molar-refractivity contribution in [2.75, 3.05) is 13.2 Å². The molecule has 0 bridgehead atoms. The number of hydrogen-bond acceptors (Lipinski definition) is 2. The highest BCUT2D eigenvalue weighted by atomic mass is 16.5. The Bertz CT molecular complexity index is 139. The van der Waals surface area contributed by atoms with Gasteiger partial charge in [-0.3, -0.25) is 0 Å². The second-order valence-electron chi connectivity index (χ2n) is 4.21. The first kappa shape index (κ1) is 12.0. The van der Waals surface area contributed by atoms with Crippen LogP contribution in [0.3, 0.4) is 0 Å². The van der Waals surface area contributed by atoms with Gasteiger partial charge in [0.2, 0.25) is 0 Å². The lowest BCUT2D eigenvalue weighted by molar-refractivity contribution is 0.0172. The van der Waals surface area contributed by atoms with E-state index in [1.807, 2.05) is 0 Å². The maximum Gasteiger partial charge on any atom is 0.0755 e. The van der Waals surface area contributed by atoms with Crippen LogP contribution in [0.2, 0.25) is 0 Å². The molecule has 1 N–H and O–H groups in total. The normalized spacial score (nSPS) is 20.8. The summed E-state index contributed by atoms with van der Waals surface area (Å²) in [5, 5.41) is 3.56. The van der Waals surface area contributed by atoms with Crippen molar-refractivity contribution in [2.45, 2.75) is 58.6 Å². The van der Waals surface area contributed by atoms with Gasteiger partial charge in [-0.2, -0.15) is 0 Å². The van der Waals surface area contributed by atoms with Crippen LogP contribution < -0.4 is 5.32 Å². The topological polar surface area (TPSA) is 21.3 Å². The Balaban J connectivity index is 2.41. The molecule has 84 valence electrons. The molecule has 1 fully saturated rings. The highest BCUT2D eigenvalue weighted by molar-refractivity contribution is 4.90. The van der Waals surface area contributed by atoms with Crippen molar-refractivity contribution in [3.8, 4) is 0 Å². The lowest BCUT2D eigenvalue weighted by Gasteiger charge is -2.27. The first-order valence-corrected chi connectivity index (χ1v) is 6.18. The van der Waals surface area contributed by atoms with E-state index < -0.39 is 0 Å². The van der Waals surface area contributed by atoms with Gasteiger partial charge in [-0.05, 0) is 38.6 Å². The molecule has 1 rings (SSSR count). The molecule has 1 saturated carbocycles. The van der Waals surface area contributed by atoms with Crippen molar-refractivity contribution in [1.82, 2.24) is 5.32 Å². The first-order valence-electron chi connectivity index (χ1n) is 6.18. The van der Waals surface area contributed by atoms with E-state index in [0.717, 1.165) is 19.1 Å². The fourth-order valence-electron chi connectivity index (χ4n) is 2.15. The smallest absolute Gasteiger partial charge is 0.0755 e. The van der Waals surface area contributed by atoms with Crippen molar-refractivity contribution in [3.05, 3.63) is 0 Å². The predicted molar refractivity (Wildman–Crippen MR) is 60.5 cm³/mol. The molecule has 0 amide bonds. The zero-order valence-electron chi connectivity index (χ0n) is 9.88. The number of hydrogen-bond donors (Lipinski definition) is 1. The van der Waals surface area contributed by atoms with Gasteiger partial charge in [-0.15, -0.1) is 0 Å². The first-order chi connectivity index (χ1) is 6.83. The summed E-state index contributed by atoms with van der Waals surface area (Å²) in [6.07, 6.45) is 5.70. The minimum absolute atomic E-state index is 0.472. The minimum atomic E-state index is 0.472. The van der Waals surface area contributed by atoms with E-state index in [9.17, 15) is 0 Å². The molecule has 0 spiro atoms. The Kier molecular flexibility index (Phi) is 5.49. The van der Waals surface area contributed by atoms with Gasteiger partial charge in [-0.1, -0.05) is 20.3 Å². The molecule has 0 aromatic carbocycles. The Labute approximate surface area is 88.4 Å². The maximum absolute atomic E-state index is 5.87. The number of ether oxygens (including phenoxy) is 1. The largest absolute Gasteiger partial charge is 0.377 e. The van der Waals surface area contributed by atoms with Crippen LogP contribution in [0.5, 0.6) is 0 Å². The second kappa shape index (κ2) is 6.41. The molecule has 0 radical (unpaired) electrons. The van der Waals surface area contributed by atoms with Crippen molar-refractivity contribution in [1.29, 1.82) is 0 Å². The van der Waals surface area contributed by atoms with Crippen LogP contribution in [0, 0.1) is 5.92 Å². The number of nitrogens with one attached hydrogen (secondary N) is 1. The highest BCUT2D eigenvalue weighted by Crippen LogP contribution is 2.36. The molecule has 2 nitrogen and oxygen atoms in total. The molecule has 2 heteroatoms. The standard InChI is InChI=1S/C12H25NO/c1-4-7-11(13-5-2)12(14-6-3)10-8-9-10/h10-13H,4-9H2,1-3H3. The van der Waals surface area contributed by atoms with Crippen LogP contribution in [-0.2, 0) is 4.74 Å². The van der Waals surface area contributed by atoms with E-state index in [1.54, 1.807) is 0 Å². The summed E-state index contributed by atoms with van der Waals surface area (Å²) in [4.78, 5) is 0. The van der Waals surface area contributed by atoms with E-state index in [1.165, 1.54) is 25.7 Å². The van der Waals surface area contributed by atoms with Crippen LogP contribution in [-0.4, -0.2) is 25.3 Å².